The molecule has 0 spiro atoms. The minimum atomic E-state index is 0.259. The second-order valence-corrected chi connectivity index (χ2v) is 5.43. The molecule has 1 rings (SSSR count). The van der Waals surface area contributed by atoms with Crippen LogP contribution in [0.25, 0.3) is 0 Å². The molecule has 1 fully saturated rings. The predicted octanol–water partition coefficient (Wildman–Crippen LogP) is 2.31. The summed E-state index contributed by atoms with van der Waals surface area (Å²) in [6, 6.07) is 0. The number of carbonyl (C=O) groups is 1. The zero-order chi connectivity index (χ0) is 13.9. The minimum absolute atomic E-state index is 0.259. The highest BCUT2D eigenvalue weighted by molar-refractivity contribution is 5.76. The van der Waals surface area contributed by atoms with Gasteiger partial charge >= 0.3 is 0 Å². The van der Waals surface area contributed by atoms with E-state index in [4.69, 9.17) is 10.5 Å². The molecule has 0 aromatic heterocycles. The molecule has 4 heteroatoms. The molecule has 19 heavy (non-hydrogen) atoms. The maximum Gasteiger partial charge on any atom is 0.222 e. The maximum absolute atomic E-state index is 12.1. The molecule has 1 saturated heterocycles. The minimum Gasteiger partial charge on any atom is -0.376 e. The van der Waals surface area contributed by atoms with Gasteiger partial charge in [-0.25, -0.2) is 0 Å². The normalized spacial score (nSPS) is 19.7. The van der Waals surface area contributed by atoms with Gasteiger partial charge in [0.1, 0.15) is 0 Å². The standard InChI is InChI=1S/C15H30N2O2/c1-2-12-19-14-8-7-11-17(13-14)15(18)9-5-3-4-6-10-16/h14H,2-13,16H2,1H3. The highest BCUT2D eigenvalue weighted by Crippen LogP contribution is 2.15. The first-order valence-electron chi connectivity index (χ1n) is 7.87. The Morgan fingerprint density at radius 3 is 2.84 bits per heavy atom. The maximum atomic E-state index is 12.1. The van der Waals surface area contributed by atoms with Crippen LogP contribution in [0.3, 0.4) is 0 Å². The van der Waals surface area contributed by atoms with Crippen molar-refractivity contribution in [3.05, 3.63) is 0 Å². The Balaban J connectivity index is 2.16. The van der Waals surface area contributed by atoms with Crippen molar-refractivity contribution in [2.75, 3.05) is 26.2 Å². The number of unbranched alkanes of at least 4 members (excludes halogenated alkanes) is 3. The lowest BCUT2D eigenvalue weighted by atomic mass is 10.1. The van der Waals surface area contributed by atoms with Crippen LogP contribution in [0.15, 0.2) is 0 Å². The van der Waals surface area contributed by atoms with E-state index < -0.39 is 0 Å². The van der Waals surface area contributed by atoms with Gasteiger partial charge in [0.15, 0.2) is 0 Å². The van der Waals surface area contributed by atoms with Gasteiger partial charge in [0, 0.05) is 26.1 Å². The van der Waals surface area contributed by atoms with Crippen molar-refractivity contribution in [2.24, 2.45) is 5.73 Å². The molecule has 0 aromatic carbocycles. The highest BCUT2D eigenvalue weighted by atomic mass is 16.5. The predicted molar refractivity (Wildman–Crippen MR) is 78.0 cm³/mol. The van der Waals surface area contributed by atoms with Gasteiger partial charge in [-0.05, 0) is 38.6 Å². The van der Waals surface area contributed by atoms with E-state index in [-0.39, 0.29) is 6.10 Å². The van der Waals surface area contributed by atoms with Crippen LogP contribution in [-0.2, 0) is 9.53 Å². The van der Waals surface area contributed by atoms with Crippen LogP contribution in [-0.4, -0.2) is 43.2 Å². The number of nitrogens with two attached hydrogens (primary N) is 1. The Morgan fingerprint density at radius 2 is 2.11 bits per heavy atom. The molecular weight excluding hydrogens is 240 g/mol. The monoisotopic (exact) mass is 270 g/mol. The van der Waals surface area contributed by atoms with Crippen molar-refractivity contribution in [1.82, 2.24) is 4.90 Å². The summed E-state index contributed by atoms with van der Waals surface area (Å²) in [6.07, 6.45) is 8.50. The quantitative estimate of drug-likeness (QED) is 0.654. The van der Waals surface area contributed by atoms with Crippen molar-refractivity contribution < 1.29 is 9.53 Å². The average molecular weight is 270 g/mol. The molecule has 0 aliphatic carbocycles. The summed E-state index contributed by atoms with van der Waals surface area (Å²) in [5.41, 5.74) is 5.45. The van der Waals surface area contributed by atoms with Crippen molar-refractivity contribution in [2.45, 2.75) is 64.4 Å². The molecule has 1 aliphatic heterocycles. The summed E-state index contributed by atoms with van der Waals surface area (Å²) in [5.74, 6) is 0.303. The van der Waals surface area contributed by atoms with E-state index in [0.717, 1.165) is 71.2 Å². The summed E-state index contributed by atoms with van der Waals surface area (Å²) in [7, 11) is 0. The van der Waals surface area contributed by atoms with Crippen LogP contribution >= 0.6 is 0 Å². The van der Waals surface area contributed by atoms with E-state index in [0.29, 0.717) is 12.3 Å². The van der Waals surface area contributed by atoms with Gasteiger partial charge in [0.25, 0.3) is 0 Å². The first-order chi connectivity index (χ1) is 9.27. The van der Waals surface area contributed by atoms with E-state index in [1.807, 2.05) is 4.90 Å². The third-order valence-electron chi connectivity index (χ3n) is 3.63. The number of hydrogen-bond acceptors (Lipinski definition) is 3. The van der Waals surface area contributed by atoms with Crippen molar-refractivity contribution in [1.29, 1.82) is 0 Å². The number of rotatable bonds is 9. The molecular formula is C15H30N2O2. The summed E-state index contributed by atoms with van der Waals surface area (Å²) < 4.78 is 5.76. The molecule has 0 radical (unpaired) electrons. The topological polar surface area (TPSA) is 55.6 Å². The molecule has 1 amide bonds. The van der Waals surface area contributed by atoms with Crippen LogP contribution in [0.1, 0.15) is 58.3 Å². The van der Waals surface area contributed by atoms with Gasteiger partial charge in [-0.15, -0.1) is 0 Å². The van der Waals surface area contributed by atoms with Gasteiger partial charge in [0.2, 0.25) is 5.91 Å². The van der Waals surface area contributed by atoms with Crippen LogP contribution in [0, 0.1) is 0 Å². The van der Waals surface area contributed by atoms with E-state index >= 15 is 0 Å². The third kappa shape index (κ3) is 6.92. The molecule has 1 atom stereocenters. The first kappa shape index (κ1) is 16.4. The number of nitrogens with zero attached hydrogens (tertiary/aromatic N) is 1. The summed E-state index contributed by atoms with van der Waals surface area (Å²) >= 11 is 0. The number of ether oxygens (including phenoxy) is 1. The zero-order valence-electron chi connectivity index (χ0n) is 12.4. The molecule has 1 aliphatic rings. The fraction of sp³-hybridized carbons (Fsp3) is 0.933. The second kappa shape index (κ2) is 10.2. The average Bonchev–Trinajstić information content (AvgIpc) is 2.45. The smallest absolute Gasteiger partial charge is 0.222 e. The lowest BCUT2D eigenvalue weighted by molar-refractivity contribution is -0.135. The van der Waals surface area contributed by atoms with E-state index in [2.05, 4.69) is 6.92 Å². The SMILES string of the molecule is CCCOC1CCCN(C(=O)CCCCCCN)C1. The second-order valence-electron chi connectivity index (χ2n) is 5.43. The molecule has 112 valence electrons. The van der Waals surface area contributed by atoms with Crippen molar-refractivity contribution in [3.8, 4) is 0 Å². The Morgan fingerprint density at radius 1 is 1.32 bits per heavy atom. The number of likely N-dealkylation sites (tertiary alicyclic amines) is 1. The lowest BCUT2D eigenvalue weighted by Gasteiger charge is -2.32. The molecule has 0 bridgehead atoms. The highest BCUT2D eigenvalue weighted by Gasteiger charge is 2.23. The lowest BCUT2D eigenvalue weighted by Crippen LogP contribution is -2.43. The van der Waals surface area contributed by atoms with Crippen LogP contribution in [0.4, 0.5) is 0 Å². The van der Waals surface area contributed by atoms with Crippen LogP contribution < -0.4 is 5.73 Å². The molecule has 0 aromatic rings. The Labute approximate surface area is 117 Å². The van der Waals surface area contributed by atoms with Gasteiger partial charge in [-0.2, -0.15) is 0 Å². The van der Waals surface area contributed by atoms with Gasteiger partial charge in [-0.1, -0.05) is 19.8 Å². The van der Waals surface area contributed by atoms with Crippen LogP contribution in [0.2, 0.25) is 0 Å². The molecule has 4 nitrogen and oxygen atoms in total. The molecule has 1 unspecified atom stereocenters. The number of hydrogen-bond donors (Lipinski definition) is 1. The first-order valence-corrected chi connectivity index (χ1v) is 7.87. The molecule has 2 N–H and O–H groups in total. The zero-order valence-corrected chi connectivity index (χ0v) is 12.4. The fourth-order valence-corrected chi connectivity index (χ4v) is 2.52. The van der Waals surface area contributed by atoms with E-state index in [9.17, 15) is 4.79 Å². The summed E-state index contributed by atoms with van der Waals surface area (Å²) in [5, 5.41) is 0. The van der Waals surface area contributed by atoms with Gasteiger partial charge < -0.3 is 15.4 Å². The molecule has 0 saturated carbocycles. The summed E-state index contributed by atoms with van der Waals surface area (Å²) in [4.78, 5) is 14.1. The number of amides is 1. The van der Waals surface area contributed by atoms with Crippen molar-refractivity contribution >= 4 is 5.91 Å². The van der Waals surface area contributed by atoms with E-state index in [1.54, 1.807) is 0 Å². The Hall–Kier alpha value is -0.610. The number of carbonyl (C=O) groups excluding carboxylic acids is 1. The Kier molecular flexibility index (Phi) is 8.84. The third-order valence-corrected chi connectivity index (χ3v) is 3.63. The largest absolute Gasteiger partial charge is 0.376 e. The van der Waals surface area contributed by atoms with Gasteiger partial charge in [0.05, 0.1) is 6.10 Å². The van der Waals surface area contributed by atoms with Crippen LogP contribution in [0.5, 0.6) is 0 Å². The van der Waals surface area contributed by atoms with Gasteiger partial charge in [-0.3, -0.25) is 4.79 Å². The van der Waals surface area contributed by atoms with E-state index in [1.165, 1.54) is 0 Å². The van der Waals surface area contributed by atoms with Crippen molar-refractivity contribution in [3.63, 3.8) is 0 Å². The Bertz CT molecular complexity index is 246. The fourth-order valence-electron chi connectivity index (χ4n) is 2.52. The molecule has 1 heterocycles. The summed E-state index contributed by atoms with van der Waals surface area (Å²) in [6.45, 7) is 5.39. The number of piperidine rings is 1.